The Morgan fingerprint density at radius 3 is 2.46 bits per heavy atom. The summed E-state index contributed by atoms with van der Waals surface area (Å²) in [7, 11) is -3.62. The molecule has 0 fully saturated rings. The molecule has 4 rings (SSSR count). The number of hydrogen-bond acceptors (Lipinski definition) is 3. The van der Waals surface area contributed by atoms with E-state index in [1.165, 1.54) is 5.56 Å². The predicted molar refractivity (Wildman–Crippen MR) is 113 cm³/mol. The van der Waals surface area contributed by atoms with Crippen LogP contribution in [0.1, 0.15) is 44.1 Å². The molecule has 0 unspecified atom stereocenters. The van der Waals surface area contributed by atoms with Gasteiger partial charge in [-0.15, -0.1) is 0 Å². The number of nitrogens with one attached hydrogen (secondary N) is 1. The number of hydrogen-bond donors (Lipinski definition) is 1. The third kappa shape index (κ3) is 3.55. The van der Waals surface area contributed by atoms with Crippen LogP contribution in [0.5, 0.6) is 0 Å². The molecule has 148 valence electrons. The number of benzene rings is 2. The highest BCUT2D eigenvalue weighted by atomic mass is 32.2. The third-order valence-electron chi connectivity index (χ3n) is 5.85. The lowest BCUT2D eigenvalue weighted by molar-refractivity contribution is 0.210. The van der Waals surface area contributed by atoms with Gasteiger partial charge in [-0.3, -0.25) is 4.72 Å². The van der Waals surface area contributed by atoms with Gasteiger partial charge in [-0.25, -0.2) is 8.42 Å². The van der Waals surface area contributed by atoms with Crippen molar-refractivity contribution >= 4 is 26.7 Å². The smallest absolute Gasteiger partial charge is 0.261 e. The lowest BCUT2D eigenvalue weighted by atomic mass is 9.71. The van der Waals surface area contributed by atoms with Crippen molar-refractivity contribution in [2.45, 2.75) is 51.9 Å². The highest BCUT2D eigenvalue weighted by Crippen LogP contribution is 2.41. The standard InChI is InChI=1S/C23H27NO3S/c1-15-5-9-18(10-6-15)28(25,26)24-17-8-12-22-20(14-17)19-13-16(23(2,3)4)7-11-21(19)27-22/h5-6,8-10,12,14,16,24H,7,11,13H2,1-4H3/t16-/m0/s1. The normalized spacial score (nSPS) is 17.5. The Hall–Kier alpha value is -2.27. The second kappa shape index (κ2) is 6.66. The van der Waals surface area contributed by atoms with E-state index in [1.807, 2.05) is 19.1 Å². The molecule has 1 aliphatic rings. The second-order valence-corrected chi connectivity index (χ2v) is 10.6. The maximum Gasteiger partial charge on any atom is 0.261 e. The van der Waals surface area contributed by atoms with Gasteiger partial charge in [-0.2, -0.15) is 0 Å². The van der Waals surface area contributed by atoms with E-state index < -0.39 is 10.0 Å². The Kier molecular flexibility index (Phi) is 4.53. The van der Waals surface area contributed by atoms with E-state index in [4.69, 9.17) is 4.42 Å². The van der Waals surface area contributed by atoms with E-state index in [9.17, 15) is 8.42 Å². The maximum absolute atomic E-state index is 12.7. The minimum Gasteiger partial charge on any atom is -0.461 e. The van der Waals surface area contributed by atoms with E-state index in [-0.39, 0.29) is 10.3 Å². The number of anilines is 1. The van der Waals surface area contributed by atoms with Crippen LogP contribution in [-0.2, 0) is 22.9 Å². The zero-order valence-corrected chi connectivity index (χ0v) is 17.7. The Morgan fingerprint density at radius 2 is 1.79 bits per heavy atom. The van der Waals surface area contributed by atoms with Gasteiger partial charge >= 0.3 is 0 Å². The minimum absolute atomic E-state index is 0.242. The molecule has 28 heavy (non-hydrogen) atoms. The molecule has 5 heteroatoms. The zero-order valence-electron chi connectivity index (χ0n) is 16.9. The molecule has 0 bridgehead atoms. The van der Waals surface area contributed by atoms with Crippen LogP contribution >= 0.6 is 0 Å². The first-order valence-corrected chi connectivity index (χ1v) is 11.3. The van der Waals surface area contributed by atoms with Crippen molar-refractivity contribution in [1.29, 1.82) is 0 Å². The van der Waals surface area contributed by atoms with Crippen LogP contribution in [0.4, 0.5) is 5.69 Å². The van der Waals surface area contributed by atoms with Crippen molar-refractivity contribution in [3.63, 3.8) is 0 Å². The van der Waals surface area contributed by atoms with Crippen molar-refractivity contribution in [3.05, 3.63) is 59.4 Å². The topological polar surface area (TPSA) is 59.3 Å². The third-order valence-corrected chi connectivity index (χ3v) is 7.25. The molecule has 1 aromatic heterocycles. The molecule has 0 aliphatic heterocycles. The minimum atomic E-state index is -3.62. The van der Waals surface area contributed by atoms with Gasteiger partial charge in [0.05, 0.1) is 4.90 Å². The summed E-state index contributed by atoms with van der Waals surface area (Å²) in [6, 6.07) is 12.4. The van der Waals surface area contributed by atoms with Crippen molar-refractivity contribution in [3.8, 4) is 0 Å². The first-order chi connectivity index (χ1) is 13.1. The van der Waals surface area contributed by atoms with Crippen molar-refractivity contribution < 1.29 is 12.8 Å². The Morgan fingerprint density at radius 1 is 1.07 bits per heavy atom. The van der Waals surface area contributed by atoms with E-state index in [2.05, 4.69) is 25.5 Å². The first kappa shape index (κ1) is 19.1. The Labute approximate surface area is 167 Å². The van der Waals surface area contributed by atoms with Gasteiger partial charge in [0.1, 0.15) is 11.3 Å². The van der Waals surface area contributed by atoms with E-state index in [0.29, 0.717) is 11.6 Å². The van der Waals surface area contributed by atoms with Crippen LogP contribution in [0.25, 0.3) is 11.0 Å². The van der Waals surface area contributed by atoms with Gasteiger partial charge in [0.25, 0.3) is 10.0 Å². The van der Waals surface area contributed by atoms with Crippen molar-refractivity contribution in [1.82, 2.24) is 0 Å². The van der Waals surface area contributed by atoms with Crippen LogP contribution in [0, 0.1) is 18.3 Å². The summed E-state index contributed by atoms with van der Waals surface area (Å²) in [4.78, 5) is 0.264. The fourth-order valence-electron chi connectivity index (χ4n) is 4.01. The summed E-state index contributed by atoms with van der Waals surface area (Å²) < 4.78 is 34.2. The summed E-state index contributed by atoms with van der Waals surface area (Å²) in [5.74, 6) is 1.64. The molecular formula is C23H27NO3S. The van der Waals surface area contributed by atoms with Crippen LogP contribution in [0.2, 0.25) is 0 Å². The maximum atomic E-state index is 12.7. The molecule has 3 aromatic rings. The van der Waals surface area contributed by atoms with Crippen LogP contribution in [-0.4, -0.2) is 8.42 Å². The molecule has 1 atom stereocenters. The Balaban J connectivity index is 1.68. The average Bonchev–Trinajstić information content (AvgIpc) is 2.98. The fraction of sp³-hybridized carbons (Fsp3) is 0.391. The summed E-state index contributed by atoms with van der Waals surface area (Å²) in [6.45, 7) is 8.79. The summed E-state index contributed by atoms with van der Waals surface area (Å²) >= 11 is 0. The largest absolute Gasteiger partial charge is 0.461 e. The van der Waals surface area contributed by atoms with E-state index in [1.54, 1.807) is 30.3 Å². The molecule has 0 radical (unpaired) electrons. The highest BCUT2D eigenvalue weighted by molar-refractivity contribution is 7.92. The molecule has 4 nitrogen and oxygen atoms in total. The van der Waals surface area contributed by atoms with Crippen LogP contribution < -0.4 is 4.72 Å². The molecule has 1 aliphatic carbocycles. The SMILES string of the molecule is Cc1ccc(S(=O)(=O)Nc2ccc3oc4c(c3c2)C[C@@H](C(C)(C)C)CC4)cc1. The van der Waals surface area contributed by atoms with Crippen LogP contribution in [0.3, 0.4) is 0 Å². The monoisotopic (exact) mass is 397 g/mol. The summed E-state index contributed by atoms with van der Waals surface area (Å²) in [5, 5.41) is 1.02. The highest BCUT2D eigenvalue weighted by Gasteiger charge is 2.31. The van der Waals surface area contributed by atoms with Gasteiger partial charge < -0.3 is 4.42 Å². The number of furan rings is 1. The van der Waals surface area contributed by atoms with Gasteiger partial charge in [-0.05, 0) is 61.4 Å². The van der Waals surface area contributed by atoms with E-state index >= 15 is 0 Å². The molecular weight excluding hydrogens is 370 g/mol. The molecule has 1 N–H and O–H groups in total. The van der Waals surface area contributed by atoms with E-state index in [0.717, 1.165) is 41.6 Å². The fourth-order valence-corrected chi connectivity index (χ4v) is 5.06. The molecule has 2 aromatic carbocycles. The molecule has 0 amide bonds. The van der Waals surface area contributed by atoms with Crippen molar-refractivity contribution in [2.24, 2.45) is 11.3 Å². The average molecular weight is 398 g/mol. The summed E-state index contributed by atoms with van der Waals surface area (Å²) in [6.07, 6.45) is 3.04. The molecule has 1 heterocycles. The number of aryl methyl sites for hydroxylation is 2. The van der Waals surface area contributed by atoms with Gasteiger partial charge in [0.15, 0.2) is 0 Å². The lowest BCUT2D eigenvalue weighted by Gasteiger charge is -2.33. The summed E-state index contributed by atoms with van der Waals surface area (Å²) in [5.41, 5.74) is 3.90. The molecule has 0 spiro atoms. The predicted octanol–water partition coefficient (Wildman–Crippen LogP) is 5.69. The molecule has 0 saturated carbocycles. The zero-order chi connectivity index (χ0) is 20.1. The molecule has 0 saturated heterocycles. The van der Waals surface area contributed by atoms with Gasteiger partial charge in [-0.1, -0.05) is 38.5 Å². The van der Waals surface area contributed by atoms with Crippen LogP contribution in [0.15, 0.2) is 51.8 Å². The Bertz CT molecular complexity index is 1120. The number of sulfonamides is 1. The number of fused-ring (bicyclic) bond motifs is 3. The van der Waals surface area contributed by atoms with Gasteiger partial charge in [0, 0.05) is 23.1 Å². The second-order valence-electron chi connectivity index (χ2n) is 8.94. The van der Waals surface area contributed by atoms with Crippen molar-refractivity contribution in [2.75, 3.05) is 4.72 Å². The quantitative estimate of drug-likeness (QED) is 0.617. The number of rotatable bonds is 3. The van der Waals surface area contributed by atoms with Gasteiger partial charge in [0.2, 0.25) is 0 Å². The lowest BCUT2D eigenvalue weighted by Crippen LogP contribution is -2.26. The first-order valence-electron chi connectivity index (χ1n) is 9.77.